The number of ether oxygens (including phenoxy) is 1. The summed E-state index contributed by atoms with van der Waals surface area (Å²) in [6.07, 6.45) is 6.30. The van der Waals surface area contributed by atoms with Crippen molar-refractivity contribution in [3.05, 3.63) is 11.3 Å². The van der Waals surface area contributed by atoms with Gasteiger partial charge >= 0.3 is 0 Å². The van der Waals surface area contributed by atoms with E-state index in [0.717, 1.165) is 29.5 Å². The summed E-state index contributed by atoms with van der Waals surface area (Å²) in [6, 6.07) is 0. The molecule has 3 heteroatoms. The quantitative estimate of drug-likeness (QED) is 0.568. The van der Waals surface area contributed by atoms with Gasteiger partial charge in [-0.15, -0.1) is 0 Å². The zero-order valence-electron chi connectivity index (χ0n) is 15.0. The summed E-state index contributed by atoms with van der Waals surface area (Å²) < 4.78 is 5.85. The first-order valence-corrected chi connectivity index (χ1v) is 8.42. The second-order valence-electron chi connectivity index (χ2n) is 6.22. The van der Waals surface area contributed by atoms with Crippen LogP contribution in [-0.4, -0.2) is 26.0 Å². The van der Waals surface area contributed by atoms with Crippen molar-refractivity contribution in [3.8, 4) is 0 Å². The Labute approximate surface area is 132 Å². The Hall–Kier alpha value is -0.830. The molecule has 0 aliphatic rings. The minimum absolute atomic E-state index is 0.516. The molecule has 0 aromatic heterocycles. The van der Waals surface area contributed by atoms with Crippen molar-refractivity contribution in [3.63, 3.8) is 0 Å². The van der Waals surface area contributed by atoms with Crippen LogP contribution in [0.25, 0.3) is 0 Å². The monoisotopic (exact) mass is 296 g/mol. The zero-order valence-corrected chi connectivity index (χ0v) is 15.0. The largest absolute Gasteiger partial charge is 0.400 e. The molecule has 0 heterocycles. The Morgan fingerprint density at radius 1 is 1.14 bits per heavy atom. The number of aliphatic imine (C=N–C) groups is 1. The van der Waals surface area contributed by atoms with Crippen molar-refractivity contribution < 1.29 is 4.74 Å². The van der Waals surface area contributed by atoms with Crippen molar-refractivity contribution in [2.24, 2.45) is 22.6 Å². The van der Waals surface area contributed by atoms with E-state index in [1.54, 1.807) is 7.05 Å². The molecule has 0 aromatic rings. The van der Waals surface area contributed by atoms with Crippen LogP contribution in [0, 0.1) is 11.8 Å². The van der Waals surface area contributed by atoms with Gasteiger partial charge in [-0.25, -0.2) is 0 Å². The number of hydrogen-bond donors (Lipinski definition) is 1. The second-order valence-corrected chi connectivity index (χ2v) is 6.22. The minimum atomic E-state index is 0.516. The molecule has 0 aromatic carbocycles. The third kappa shape index (κ3) is 8.92. The molecular weight excluding hydrogens is 260 g/mol. The smallest absolute Gasteiger partial charge is 0.0863 e. The van der Waals surface area contributed by atoms with Crippen LogP contribution in [0.1, 0.15) is 66.7 Å². The van der Waals surface area contributed by atoms with Crippen LogP contribution in [0.2, 0.25) is 0 Å². The molecule has 2 atom stereocenters. The highest BCUT2D eigenvalue weighted by Gasteiger charge is 2.11. The third-order valence-corrected chi connectivity index (χ3v) is 4.43. The molecule has 0 fully saturated rings. The molecule has 0 rings (SSSR count). The maximum absolute atomic E-state index is 6.07. The maximum Gasteiger partial charge on any atom is 0.0863 e. The van der Waals surface area contributed by atoms with Gasteiger partial charge in [0.15, 0.2) is 0 Å². The number of hydrogen-bond acceptors (Lipinski definition) is 3. The van der Waals surface area contributed by atoms with E-state index < -0.39 is 0 Å². The SMILES string of the molecule is CCCC(CCC(C)CC)COCC(N)=C(C)C(C)=NC. The fourth-order valence-corrected chi connectivity index (χ4v) is 2.29. The van der Waals surface area contributed by atoms with Crippen LogP contribution in [-0.2, 0) is 4.74 Å². The Morgan fingerprint density at radius 2 is 1.81 bits per heavy atom. The van der Waals surface area contributed by atoms with Crippen LogP contribution < -0.4 is 5.73 Å². The lowest BCUT2D eigenvalue weighted by Gasteiger charge is -2.19. The van der Waals surface area contributed by atoms with E-state index in [0.29, 0.717) is 12.5 Å². The Bertz CT molecular complexity index is 334. The van der Waals surface area contributed by atoms with Crippen LogP contribution in [0.3, 0.4) is 0 Å². The molecule has 0 radical (unpaired) electrons. The van der Waals surface area contributed by atoms with Gasteiger partial charge in [-0.05, 0) is 44.1 Å². The van der Waals surface area contributed by atoms with E-state index in [4.69, 9.17) is 10.5 Å². The minimum Gasteiger partial charge on any atom is -0.400 e. The number of rotatable bonds is 11. The van der Waals surface area contributed by atoms with E-state index >= 15 is 0 Å². The summed E-state index contributed by atoms with van der Waals surface area (Å²) in [4.78, 5) is 4.16. The fourth-order valence-electron chi connectivity index (χ4n) is 2.29. The molecule has 0 bridgehead atoms. The van der Waals surface area contributed by atoms with Gasteiger partial charge in [-0.1, -0.05) is 40.0 Å². The first kappa shape index (κ1) is 20.2. The van der Waals surface area contributed by atoms with Crippen molar-refractivity contribution in [1.29, 1.82) is 0 Å². The van der Waals surface area contributed by atoms with Crippen molar-refractivity contribution in [1.82, 2.24) is 0 Å². The molecule has 0 aliphatic heterocycles. The van der Waals surface area contributed by atoms with Crippen LogP contribution >= 0.6 is 0 Å². The first-order chi connectivity index (χ1) is 9.96. The average molecular weight is 296 g/mol. The van der Waals surface area contributed by atoms with Gasteiger partial charge in [0.25, 0.3) is 0 Å². The Kier molecular flexibility index (Phi) is 11.3. The van der Waals surface area contributed by atoms with Gasteiger partial charge in [-0.3, -0.25) is 4.99 Å². The lowest BCUT2D eigenvalue weighted by atomic mass is 9.93. The Balaban J connectivity index is 4.25. The highest BCUT2D eigenvalue weighted by atomic mass is 16.5. The molecule has 0 saturated heterocycles. The highest BCUT2D eigenvalue weighted by molar-refractivity contribution is 5.98. The fraction of sp³-hybridized carbons (Fsp3) is 0.833. The predicted octanol–water partition coefficient (Wildman–Crippen LogP) is 4.57. The third-order valence-electron chi connectivity index (χ3n) is 4.43. The first-order valence-electron chi connectivity index (χ1n) is 8.42. The summed E-state index contributed by atoms with van der Waals surface area (Å²) in [5, 5.41) is 0. The number of allylic oxidation sites excluding steroid dienone is 1. The van der Waals surface area contributed by atoms with Crippen molar-refractivity contribution in [2.45, 2.75) is 66.7 Å². The number of nitrogens with two attached hydrogens (primary N) is 1. The van der Waals surface area contributed by atoms with Crippen molar-refractivity contribution in [2.75, 3.05) is 20.3 Å². The second kappa shape index (κ2) is 11.8. The van der Waals surface area contributed by atoms with Crippen LogP contribution in [0.15, 0.2) is 16.3 Å². The lowest BCUT2D eigenvalue weighted by molar-refractivity contribution is 0.106. The van der Waals surface area contributed by atoms with E-state index in [1.165, 1.54) is 32.1 Å². The summed E-state index contributed by atoms with van der Waals surface area (Å²) in [5.41, 5.74) is 8.90. The molecular formula is C18H36N2O. The van der Waals surface area contributed by atoms with E-state index in [9.17, 15) is 0 Å². The summed E-state index contributed by atoms with van der Waals surface area (Å²) in [7, 11) is 1.79. The predicted molar refractivity (Wildman–Crippen MR) is 93.8 cm³/mol. The average Bonchev–Trinajstić information content (AvgIpc) is 2.50. The molecule has 2 unspecified atom stereocenters. The van der Waals surface area contributed by atoms with Gasteiger partial charge in [0.05, 0.1) is 6.61 Å². The molecule has 0 amide bonds. The summed E-state index contributed by atoms with van der Waals surface area (Å²) in [6.45, 7) is 12.2. The topological polar surface area (TPSA) is 47.6 Å². The standard InChI is InChI=1S/C18H36N2O/c1-7-9-17(11-10-14(3)8-2)12-21-13-18(19)15(4)16(5)20-6/h14,17H,7-13,19H2,1-6H3. The van der Waals surface area contributed by atoms with Gasteiger partial charge in [0.1, 0.15) is 0 Å². The van der Waals surface area contributed by atoms with Gasteiger partial charge in [0, 0.05) is 25.1 Å². The van der Waals surface area contributed by atoms with Gasteiger partial charge < -0.3 is 10.5 Å². The summed E-state index contributed by atoms with van der Waals surface area (Å²) in [5.74, 6) is 1.48. The van der Waals surface area contributed by atoms with Gasteiger partial charge in [0.2, 0.25) is 0 Å². The molecule has 0 spiro atoms. The lowest BCUT2D eigenvalue weighted by Crippen LogP contribution is -2.17. The van der Waals surface area contributed by atoms with Crippen LogP contribution in [0.5, 0.6) is 0 Å². The summed E-state index contributed by atoms with van der Waals surface area (Å²) >= 11 is 0. The normalized spacial score (nSPS) is 16.6. The van der Waals surface area contributed by atoms with E-state index in [-0.39, 0.29) is 0 Å². The highest BCUT2D eigenvalue weighted by Crippen LogP contribution is 2.19. The molecule has 21 heavy (non-hydrogen) atoms. The zero-order chi connectivity index (χ0) is 16.3. The molecule has 124 valence electrons. The number of nitrogens with zero attached hydrogens (tertiary/aromatic N) is 1. The Morgan fingerprint density at radius 3 is 2.33 bits per heavy atom. The van der Waals surface area contributed by atoms with E-state index in [1.807, 2.05) is 13.8 Å². The maximum atomic E-state index is 6.07. The molecule has 2 N–H and O–H groups in total. The van der Waals surface area contributed by atoms with Gasteiger partial charge in [-0.2, -0.15) is 0 Å². The van der Waals surface area contributed by atoms with Crippen molar-refractivity contribution >= 4 is 5.71 Å². The molecule has 0 saturated carbocycles. The molecule has 0 aliphatic carbocycles. The molecule has 3 nitrogen and oxygen atoms in total. The van der Waals surface area contributed by atoms with Crippen LogP contribution in [0.4, 0.5) is 0 Å². The van der Waals surface area contributed by atoms with E-state index in [2.05, 4.69) is 25.8 Å².